The van der Waals surface area contributed by atoms with Crippen LogP contribution in [0.5, 0.6) is 0 Å². The molecule has 0 radical (unpaired) electrons. The second kappa shape index (κ2) is 5.40. The van der Waals surface area contributed by atoms with E-state index in [0.717, 1.165) is 6.92 Å². The average Bonchev–Trinajstić information content (AvgIpc) is 2.50. The smallest absolute Gasteiger partial charge is 0.170 e. The molecule has 2 unspecified atom stereocenters. The quantitative estimate of drug-likeness (QED) is 0.480. The molecule has 0 aliphatic heterocycles. The molecule has 1 aliphatic rings. The standard InChI is InChI=1S/C14H8F8/c1-3-7(15)11(19)5(12(20)8(3)16)6-13(21)9(17)4(2)10(18)14(6)22/h3,7H,1-2H3. The summed E-state index contributed by atoms with van der Waals surface area (Å²) in [6.07, 6.45) is -2.74. The fraction of sp³-hybridized carbons (Fsp3) is 0.286. The lowest BCUT2D eigenvalue weighted by Crippen LogP contribution is -2.22. The van der Waals surface area contributed by atoms with E-state index >= 15 is 0 Å². The number of benzene rings is 1. The van der Waals surface area contributed by atoms with Gasteiger partial charge in [-0.2, -0.15) is 0 Å². The monoisotopic (exact) mass is 328 g/mol. The third-order valence-corrected chi connectivity index (χ3v) is 3.48. The van der Waals surface area contributed by atoms with Crippen LogP contribution >= 0.6 is 0 Å². The molecule has 2 rings (SSSR count). The molecule has 0 amide bonds. The Morgan fingerprint density at radius 3 is 1.64 bits per heavy atom. The molecule has 0 saturated heterocycles. The van der Waals surface area contributed by atoms with E-state index in [1.807, 2.05) is 0 Å². The van der Waals surface area contributed by atoms with Crippen molar-refractivity contribution in [3.05, 3.63) is 51.9 Å². The van der Waals surface area contributed by atoms with E-state index in [1.54, 1.807) is 0 Å². The van der Waals surface area contributed by atoms with Gasteiger partial charge in [0.2, 0.25) is 0 Å². The molecule has 0 saturated carbocycles. The van der Waals surface area contributed by atoms with Crippen molar-refractivity contribution in [1.29, 1.82) is 0 Å². The highest BCUT2D eigenvalue weighted by molar-refractivity contribution is 5.81. The summed E-state index contributed by atoms with van der Waals surface area (Å²) in [5.41, 5.74) is -4.68. The summed E-state index contributed by atoms with van der Waals surface area (Å²) in [6, 6.07) is 0. The zero-order chi connectivity index (χ0) is 16.9. The Hall–Kier alpha value is -1.86. The van der Waals surface area contributed by atoms with Crippen LogP contribution in [0.1, 0.15) is 18.1 Å². The molecule has 0 fully saturated rings. The first-order valence-electron chi connectivity index (χ1n) is 6.03. The van der Waals surface area contributed by atoms with Crippen LogP contribution in [-0.2, 0) is 0 Å². The summed E-state index contributed by atoms with van der Waals surface area (Å²) in [5.74, 6) is -15.9. The van der Waals surface area contributed by atoms with Crippen LogP contribution in [0.2, 0.25) is 0 Å². The molecule has 0 heterocycles. The molecular formula is C14H8F8. The summed E-state index contributed by atoms with van der Waals surface area (Å²) in [4.78, 5) is 0. The zero-order valence-electron chi connectivity index (χ0n) is 11.2. The highest BCUT2D eigenvalue weighted by atomic mass is 19.2. The van der Waals surface area contributed by atoms with Gasteiger partial charge in [0.1, 0.15) is 11.7 Å². The van der Waals surface area contributed by atoms with Crippen LogP contribution in [-0.4, -0.2) is 6.17 Å². The maximum atomic E-state index is 13.8. The number of rotatable bonds is 1. The average molecular weight is 328 g/mol. The molecule has 1 aliphatic carbocycles. The van der Waals surface area contributed by atoms with Crippen LogP contribution in [0.4, 0.5) is 35.1 Å². The van der Waals surface area contributed by atoms with Crippen LogP contribution in [0.25, 0.3) is 5.57 Å². The van der Waals surface area contributed by atoms with Gasteiger partial charge >= 0.3 is 0 Å². The van der Waals surface area contributed by atoms with Crippen LogP contribution in [0.3, 0.4) is 0 Å². The molecule has 0 bridgehead atoms. The van der Waals surface area contributed by atoms with Gasteiger partial charge in [-0.1, -0.05) is 6.92 Å². The van der Waals surface area contributed by atoms with Crippen LogP contribution in [0.15, 0.2) is 17.5 Å². The third-order valence-electron chi connectivity index (χ3n) is 3.48. The molecule has 22 heavy (non-hydrogen) atoms. The predicted octanol–water partition coefficient (Wildman–Crippen LogP) is 5.37. The van der Waals surface area contributed by atoms with Gasteiger partial charge in [0.15, 0.2) is 35.3 Å². The number of halogens is 8. The second-order valence-corrected chi connectivity index (χ2v) is 4.83. The molecule has 0 nitrogen and oxygen atoms in total. The first kappa shape index (κ1) is 16.5. The van der Waals surface area contributed by atoms with Gasteiger partial charge in [0.05, 0.1) is 11.1 Å². The van der Waals surface area contributed by atoms with Crippen molar-refractivity contribution >= 4 is 5.57 Å². The zero-order valence-corrected chi connectivity index (χ0v) is 11.2. The Bertz CT molecular complexity index is 687. The molecule has 1 aromatic rings. The molecule has 0 spiro atoms. The molecule has 0 aromatic heterocycles. The number of alkyl halides is 1. The van der Waals surface area contributed by atoms with Crippen molar-refractivity contribution in [2.45, 2.75) is 20.0 Å². The number of hydrogen-bond acceptors (Lipinski definition) is 0. The topological polar surface area (TPSA) is 0 Å². The fourth-order valence-corrected chi connectivity index (χ4v) is 2.10. The minimum atomic E-state index is -2.74. The minimum absolute atomic E-state index is 0.693. The molecule has 120 valence electrons. The normalized spacial score (nSPS) is 22.6. The van der Waals surface area contributed by atoms with E-state index in [-0.39, 0.29) is 0 Å². The lowest BCUT2D eigenvalue weighted by Gasteiger charge is -2.23. The van der Waals surface area contributed by atoms with Crippen molar-refractivity contribution in [1.82, 2.24) is 0 Å². The molecule has 1 aromatic carbocycles. The van der Waals surface area contributed by atoms with Gasteiger partial charge in [0.25, 0.3) is 0 Å². The SMILES string of the molecule is Cc1c(F)c(F)c(C2=C(F)C(F)C(C)C(F)=C2F)c(F)c1F. The summed E-state index contributed by atoms with van der Waals surface area (Å²) in [6.45, 7) is 1.50. The molecule has 8 heteroatoms. The maximum Gasteiger partial charge on any atom is 0.170 e. The van der Waals surface area contributed by atoms with E-state index in [2.05, 4.69) is 0 Å². The summed E-state index contributed by atoms with van der Waals surface area (Å²) in [7, 11) is 0. The van der Waals surface area contributed by atoms with E-state index in [9.17, 15) is 35.1 Å². The minimum Gasteiger partial charge on any atom is -0.239 e. The van der Waals surface area contributed by atoms with Gasteiger partial charge in [-0.15, -0.1) is 0 Å². The number of hydrogen-bond donors (Lipinski definition) is 0. The van der Waals surface area contributed by atoms with Crippen molar-refractivity contribution in [3.63, 3.8) is 0 Å². The largest absolute Gasteiger partial charge is 0.239 e. The first-order valence-corrected chi connectivity index (χ1v) is 6.03. The van der Waals surface area contributed by atoms with Gasteiger partial charge in [-0.25, -0.2) is 35.1 Å². The van der Waals surface area contributed by atoms with Gasteiger partial charge in [0, 0.05) is 11.5 Å². The summed E-state index contributed by atoms with van der Waals surface area (Å²) >= 11 is 0. The summed E-state index contributed by atoms with van der Waals surface area (Å²) in [5, 5.41) is 0. The van der Waals surface area contributed by atoms with Crippen molar-refractivity contribution < 1.29 is 35.1 Å². The highest BCUT2D eigenvalue weighted by Crippen LogP contribution is 2.45. The van der Waals surface area contributed by atoms with E-state index < -0.39 is 69.5 Å². The van der Waals surface area contributed by atoms with Crippen molar-refractivity contribution in [2.24, 2.45) is 5.92 Å². The molecular weight excluding hydrogens is 320 g/mol. The second-order valence-electron chi connectivity index (χ2n) is 4.83. The van der Waals surface area contributed by atoms with Crippen LogP contribution in [0, 0.1) is 36.1 Å². The van der Waals surface area contributed by atoms with Crippen LogP contribution < -0.4 is 0 Å². The fourth-order valence-electron chi connectivity index (χ4n) is 2.10. The van der Waals surface area contributed by atoms with E-state index in [0.29, 0.717) is 6.92 Å². The number of allylic oxidation sites excluding steroid dienone is 4. The van der Waals surface area contributed by atoms with E-state index in [4.69, 9.17) is 0 Å². The third kappa shape index (κ3) is 2.12. The molecule has 0 N–H and O–H groups in total. The van der Waals surface area contributed by atoms with Gasteiger partial charge in [-0.3, -0.25) is 0 Å². The van der Waals surface area contributed by atoms with Crippen molar-refractivity contribution in [2.75, 3.05) is 0 Å². The Morgan fingerprint density at radius 2 is 1.18 bits per heavy atom. The lowest BCUT2D eigenvalue weighted by atomic mass is 9.88. The maximum absolute atomic E-state index is 13.8. The Morgan fingerprint density at radius 1 is 0.727 bits per heavy atom. The van der Waals surface area contributed by atoms with Gasteiger partial charge < -0.3 is 0 Å². The Labute approximate surface area is 119 Å². The predicted molar refractivity (Wildman–Crippen MR) is 62.3 cm³/mol. The highest BCUT2D eigenvalue weighted by Gasteiger charge is 2.40. The van der Waals surface area contributed by atoms with Gasteiger partial charge in [-0.05, 0) is 6.92 Å². The van der Waals surface area contributed by atoms with Crippen molar-refractivity contribution in [3.8, 4) is 0 Å². The van der Waals surface area contributed by atoms with E-state index in [1.165, 1.54) is 0 Å². The summed E-state index contributed by atoms with van der Waals surface area (Å²) < 4.78 is 109. The molecule has 2 atom stereocenters. The Kier molecular flexibility index (Phi) is 4.06. The Balaban J connectivity index is 2.88. The first-order chi connectivity index (χ1) is 10.1. The lowest BCUT2D eigenvalue weighted by molar-refractivity contribution is 0.234.